The van der Waals surface area contributed by atoms with Crippen LogP contribution in [0.1, 0.15) is 27.2 Å². The molecule has 2 heteroatoms. The van der Waals surface area contributed by atoms with E-state index in [4.69, 9.17) is 0 Å². The van der Waals surface area contributed by atoms with Crippen molar-refractivity contribution < 1.29 is 0 Å². The summed E-state index contributed by atoms with van der Waals surface area (Å²) in [5.74, 6) is 0. The van der Waals surface area contributed by atoms with E-state index in [1.54, 1.807) is 7.05 Å². The van der Waals surface area contributed by atoms with Crippen LogP contribution in [0.25, 0.3) is 0 Å². The maximum Gasteiger partial charge on any atom is 0.0273 e. The van der Waals surface area contributed by atoms with Crippen LogP contribution >= 0.6 is 0 Å². The number of nitrogens with one attached hydrogen (secondary N) is 1. The van der Waals surface area contributed by atoms with Gasteiger partial charge in [0.2, 0.25) is 0 Å². The highest BCUT2D eigenvalue weighted by Gasteiger charge is 1.99. The average molecular weight is 168 g/mol. The van der Waals surface area contributed by atoms with Gasteiger partial charge in [-0.1, -0.05) is 11.6 Å². The highest BCUT2D eigenvalue weighted by atomic mass is 14.9. The third-order valence-corrected chi connectivity index (χ3v) is 2.04. The molecule has 0 amide bonds. The fourth-order valence-electron chi connectivity index (χ4n) is 0.904. The second-order valence-corrected chi connectivity index (χ2v) is 2.94. The molecule has 0 aromatic rings. The van der Waals surface area contributed by atoms with Gasteiger partial charge in [0.25, 0.3) is 0 Å². The fourth-order valence-corrected chi connectivity index (χ4v) is 0.904. The Morgan fingerprint density at radius 2 is 2.25 bits per heavy atom. The Morgan fingerprint density at radius 3 is 2.75 bits per heavy atom. The van der Waals surface area contributed by atoms with Crippen LogP contribution in [0.3, 0.4) is 0 Å². The fraction of sp³-hybridized carbons (Fsp3) is 0.700. The molecule has 0 aliphatic heterocycles. The predicted molar refractivity (Wildman–Crippen MR) is 55.9 cm³/mol. The normalized spacial score (nSPS) is 15.5. The average Bonchev–Trinajstić information content (AvgIpc) is 2.10. The molecule has 2 nitrogen and oxygen atoms in total. The maximum atomic E-state index is 3.92. The topological polar surface area (TPSA) is 24.4 Å². The lowest BCUT2D eigenvalue weighted by Crippen LogP contribution is -2.28. The monoisotopic (exact) mass is 168 g/mol. The van der Waals surface area contributed by atoms with Crippen molar-refractivity contribution in [3.05, 3.63) is 11.6 Å². The Kier molecular flexibility index (Phi) is 6.67. The summed E-state index contributed by atoms with van der Waals surface area (Å²) in [4.78, 5) is 3.92. The summed E-state index contributed by atoms with van der Waals surface area (Å²) in [5.41, 5.74) is 1.39. The molecule has 1 unspecified atom stereocenters. The highest BCUT2D eigenvalue weighted by molar-refractivity contribution is 5.56. The van der Waals surface area contributed by atoms with Gasteiger partial charge in [0.15, 0.2) is 0 Å². The van der Waals surface area contributed by atoms with Crippen LogP contribution in [-0.2, 0) is 0 Å². The lowest BCUT2D eigenvalue weighted by Gasteiger charge is -2.12. The van der Waals surface area contributed by atoms with Gasteiger partial charge in [-0.25, -0.2) is 0 Å². The predicted octanol–water partition coefficient (Wildman–Crippen LogP) is 2.02. The molecule has 0 spiro atoms. The molecule has 0 saturated carbocycles. The summed E-state index contributed by atoms with van der Waals surface area (Å²) in [6.07, 6.45) is 5.09. The first-order chi connectivity index (χ1) is 5.72. The van der Waals surface area contributed by atoms with Crippen LogP contribution in [0.2, 0.25) is 0 Å². The van der Waals surface area contributed by atoms with Crippen LogP contribution in [0.15, 0.2) is 16.6 Å². The van der Waals surface area contributed by atoms with Gasteiger partial charge in [-0.15, -0.1) is 0 Å². The molecule has 0 aliphatic carbocycles. The van der Waals surface area contributed by atoms with Gasteiger partial charge in [-0.05, 0) is 33.4 Å². The zero-order valence-electron chi connectivity index (χ0n) is 8.59. The van der Waals surface area contributed by atoms with Crippen LogP contribution in [0.4, 0.5) is 0 Å². The molecule has 1 N–H and O–H groups in total. The van der Waals surface area contributed by atoms with E-state index >= 15 is 0 Å². The molecule has 0 aromatic carbocycles. The lowest BCUT2D eigenvalue weighted by molar-refractivity contribution is 0.621. The summed E-state index contributed by atoms with van der Waals surface area (Å²) in [5, 5.41) is 3.41. The van der Waals surface area contributed by atoms with E-state index in [9.17, 15) is 0 Å². The molecule has 0 rings (SSSR count). The van der Waals surface area contributed by atoms with E-state index in [0.717, 1.165) is 13.0 Å². The smallest absolute Gasteiger partial charge is 0.0273 e. The van der Waals surface area contributed by atoms with Gasteiger partial charge >= 0.3 is 0 Å². The van der Waals surface area contributed by atoms with E-state index < -0.39 is 0 Å². The zero-order chi connectivity index (χ0) is 9.40. The number of hydrogen-bond donors (Lipinski definition) is 1. The van der Waals surface area contributed by atoms with E-state index in [2.05, 4.69) is 37.2 Å². The van der Waals surface area contributed by atoms with Gasteiger partial charge in [0.1, 0.15) is 0 Å². The maximum absolute atomic E-state index is 3.92. The first-order valence-corrected chi connectivity index (χ1v) is 4.49. The number of aliphatic imine (C=N–C) groups is 1. The molecule has 0 fully saturated rings. The van der Waals surface area contributed by atoms with Crippen molar-refractivity contribution in [3.8, 4) is 0 Å². The molecule has 0 heterocycles. The Morgan fingerprint density at radius 1 is 1.58 bits per heavy atom. The second-order valence-electron chi connectivity index (χ2n) is 2.94. The van der Waals surface area contributed by atoms with Crippen LogP contribution in [0, 0.1) is 0 Å². The van der Waals surface area contributed by atoms with Crippen molar-refractivity contribution in [2.24, 2.45) is 4.99 Å². The summed E-state index contributed by atoms with van der Waals surface area (Å²) in [6, 6.07) is 0.486. The van der Waals surface area contributed by atoms with Gasteiger partial charge in [-0.2, -0.15) is 0 Å². The van der Waals surface area contributed by atoms with Crippen molar-refractivity contribution >= 4 is 6.21 Å². The summed E-state index contributed by atoms with van der Waals surface area (Å²) >= 11 is 0. The van der Waals surface area contributed by atoms with E-state index in [1.165, 1.54) is 5.57 Å². The van der Waals surface area contributed by atoms with Crippen molar-refractivity contribution in [2.45, 2.75) is 33.2 Å². The number of rotatable bonds is 5. The molecule has 0 aliphatic rings. The first-order valence-electron chi connectivity index (χ1n) is 4.49. The molecule has 12 heavy (non-hydrogen) atoms. The third-order valence-electron chi connectivity index (χ3n) is 2.04. The van der Waals surface area contributed by atoms with E-state index in [1.807, 2.05) is 6.21 Å². The molecule has 0 aromatic heterocycles. The molecule has 0 saturated heterocycles. The van der Waals surface area contributed by atoms with Crippen molar-refractivity contribution in [1.82, 2.24) is 5.32 Å². The standard InChI is InChI=1S/C10H20N2/c1-5-9(2)10(3)12-8-6-7-11-4/h5,7,10,12H,6,8H2,1-4H3/b9-5-,11-7?. The van der Waals surface area contributed by atoms with Gasteiger partial charge in [0, 0.05) is 19.6 Å². The number of allylic oxidation sites excluding steroid dienone is 1. The van der Waals surface area contributed by atoms with Crippen LogP contribution < -0.4 is 5.32 Å². The van der Waals surface area contributed by atoms with E-state index in [-0.39, 0.29) is 0 Å². The Bertz CT molecular complexity index is 159. The lowest BCUT2D eigenvalue weighted by atomic mass is 10.1. The second kappa shape index (κ2) is 7.04. The van der Waals surface area contributed by atoms with Crippen molar-refractivity contribution in [2.75, 3.05) is 13.6 Å². The summed E-state index contributed by atoms with van der Waals surface area (Å²) in [7, 11) is 1.81. The first kappa shape index (κ1) is 11.4. The molecule has 0 radical (unpaired) electrons. The summed E-state index contributed by atoms with van der Waals surface area (Å²) in [6.45, 7) is 7.40. The minimum Gasteiger partial charge on any atom is -0.310 e. The van der Waals surface area contributed by atoms with Crippen molar-refractivity contribution in [3.63, 3.8) is 0 Å². The quantitative estimate of drug-likeness (QED) is 0.379. The highest BCUT2D eigenvalue weighted by Crippen LogP contribution is 1.98. The van der Waals surface area contributed by atoms with Gasteiger partial charge in [-0.3, -0.25) is 0 Å². The SMILES string of the molecule is C/C=C(/C)C(C)NCCC=NC. The largest absolute Gasteiger partial charge is 0.310 e. The van der Waals surface area contributed by atoms with Crippen LogP contribution in [-0.4, -0.2) is 25.8 Å². The number of hydrogen-bond acceptors (Lipinski definition) is 2. The molecule has 1 atom stereocenters. The molecule has 0 bridgehead atoms. The Labute approximate surface area is 75.8 Å². The minimum absolute atomic E-state index is 0.486. The van der Waals surface area contributed by atoms with Gasteiger partial charge in [0.05, 0.1) is 0 Å². The zero-order valence-corrected chi connectivity index (χ0v) is 8.59. The van der Waals surface area contributed by atoms with Crippen LogP contribution in [0.5, 0.6) is 0 Å². The number of nitrogens with zero attached hydrogens (tertiary/aromatic N) is 1. The van der Waals surface area contributed by atoms with E-state index in [0.29, 0.717) is 6.04 Å². The molecular weight excluding hydrogens is 148 g/mol. The van der Waals surface area contributed by atoms with Crippen molar-refractivity contribution in [1.29, 1.82) is 0 Å². The minimum atomic E-state index is 0.486. The Hall–Kier alpha value is -0.630. The summed E-state index contributed by atoms with van der Waals surface area (Å²) < 4.78 is 0. The third kappa shape index (κ3) is 5.08. The Balaban J connectivity index is 3.50. The molecule has 70 valence electrons. The van der Waals surface area contributed by atoms with Gasteiger partial charge < -0.3 is 10.3 Å². The molecular formula is C10H20N2.